The molecule has 1 aromatic carbocycles. The summed E-state index contributed by atoms with van der Waals surface area (Å²) in [6.45, 7) is 5.62. The third kappa shape index (κ3) is 4.02. The molecule has 4 heteroatoms. The van der Waals surface area contributed by atoms with E-state index >= 15 is 0 Å². The van der Waals surface area contributed by atoms with Gasteiger partial charge in [0, 0.05) is 23.7 Å². The van der Waals surface area contributed by atoms with Crippen molar-refractivity contribution in [2.24, 2.45) is 11.1 Å². The van der Waals surface area contributed by atoms with Gasteiger partial charge in [0.2, 0.25) is 0 Å². The zero-order valence-electron chi connectivity index (χ0n) is 12.7. The molecule has 0 spiro atoms. The molecule has 0 radical (unpaired) electrons. The fraction of sp³-hybridized carbons (Fsp3) is 0.412. The number of hydrogen-bond donors (Lipinski definition) is 2. The number of fused-ring (bicyclic) bond motifs is 1. The molecule has 3 N–H and O–H groups in total. The monoisotopic (exact) mass is 285 g/mol. The smallest absolute Gasteiger partial charge is 0.251 e. The van der Waals surface area contributed by atoms with Crippen molar-refractivity contribution in [2.75, 3.05) is 13.1 Å². The number of nitrogens with one attached hydrogen (secondary N) is 1. The van der Waals surface area contributed by atoms with E-state index in [1.54, 1.807) is 6.20 Å². The van der Waals surface area contributed by atoms with E-state index in [-0.39, 0.29) is 11.3 Å². The van der Waals surface area contributed by atoms with E-state index in [2.05, 4.69) is 24.1 Å². The highest BCUT2D eigenvalue weighted by molar-refractivity contribution is 6.06. The first-order chi connectivity index (χ1) is 10.0. The van der Waals surface area contributed by atoms with Gasteiger partial charge in [-0.1, -0.05) is 26.0 Å². The summed E-state index contributed by atoms with van der Waals surface area (Å²) in [4.78, 5) is 16.7. The highest BCUT2D eigenvalue weighted by Crippen LogP contribution is 2.21. The van der Waals surface area contributed by atoms with Gasteiger partial charge in [-0.25, -0.2) is 0 Å². The average Bonchev–Trinajstić information content (AvgIpc) is 2.50. The summed E-state index contributed by atoms with van der Waals surface area (Å²) in [6, 6.07) is 9.40. The summed E-state index contributed by atoms with van der Waals surface area (Å²) in [5, 5.41) is 3.92. The fourth-order valence-electron chi connectivity index (χ4n) is 2.39. The number of pyridine rings is 1. The Morgan fingerprint density at radius 2 is 2.10 bits per heavy atom. The molecule has 0 saturated heterocycles. The summed E-state index contributed by atoms with van der Waals surface area (Å²) in [5.41, 5.74) is 7.12. The summed E-state index contributed by atoms with van der Waals surface area (Å²) >= 11 is 0. The molecule has 1 amide bonds. The Bertz CT molecular complexity index is 617. The van der Waals surface area contributed by atoms with Gasteiger partial charge >= 0.3 is 0 Å². The SMILES string of the molecule is CC(C)(CCCN)CNC(=O)c1cccc2ncccc12. The lowest BCUT2D eigenvalue weighted by Crippen LogP contribution is -2.34. The molecule has 0 unspecified atom stereocenters. The minimum Gasteiger partial charge on any atom is -0.351 e. The third-order valence-electron chi connectivity index (χ3n) is 3.68. The van der Waals surface area contributed by atoms with Gasteiger partial charge in [-0.2, -0.15) is 0 Å². The Labute approximate surface area is 125 Å². The van der Waals surface area contributed by atoms with Crippen molar-refractivity contribution in [3.8, 4) is 0 Å². The summed E-state index contributed by atoms with van der Waals surface area (Å²) in [7, 11) is 0. The summed E-state index contributed by atoms with van der Waals surface area (Å²) < 4.78 is 0. The van der Waals surface area contributed by atoms with E-state index in [4.69, 9.17) is 5.73 Å². The molecular formula is C17H23N3O. The molecule has 1 heterocycles. The summed E-state index contributed by atoms with van der Waals surface area (Å²) in [5.74, 6) is -0.0468. The van der Waals surface area contributed by atoms with Crippen LogP contribution in [0, 0.1) is 5.41 Å². The predicted molar refractivity (Wildman–Crippen MR) is 86.1 cm³/mol. The lowest BCUT2D eigenvalue weighted by atomic mass is 9.87. The van der Waals surface area contributed by atoms with Crippen molar-refractivity contribution in [1.82, 2.24) is 10.3 Å². The van der Waals surface area contributed by atoms with Crippen LogP contribution in [-0.2, 0) is 0 Å². The molecule has 0 aliphatic rings. The predicted octanol–water partition coefficient (Wildman–Crippen LogP) is 2.73. The van der Waals surface area contributed by atoms with Crippen LogP contribution in [-0.4, -0.2) is 24.0 Å². The van der Waals surface area contributed by atoms with Crippen LogP contribution in [0.5, 0.6) is 0 Å². The highest BCUT2D eigenvalue weighted by Gasteiger charge is 2.19. The number of carbonyl (C=O) groups excluding carboxylic acids is 1. The Balaban J connectivity index is 2.09. The van der Waals surface area contributed by atoms with E-state index in [1.165, 1.54) is 0 Å². The normalized spacial score (nSPS) is 11.6. The van der Waals surface area contributed by atoms with Crippen LogP contribution in [0.25, 0.3) is 10.9 Å². The molecular weight excluding hydrogens is 262 g/mol. The van der Waals surface area contributed by atoms with Crippen molar-refractivity contribution in [3.63, 3.8) is 0 Å². The zero-order chi connectivity index (χ0) is 15.3. The first kappa shape index (κ1) is 15.4. The van der Waals surface area contributed by atoms with Crippen molar-refractivity contribution >= 4 is 16.8 Å². The lowest BCUT2D eigenvalue weighted by molar-refractivity contribution is 0.0936. The quantitative estimate of drug-likeness (QED) is 0.857. The lowest BCUT2D eigenvalue weighted by Gasteiger charge is -2.24. The maximum atomic E-state index is 12.4. The second kappa shape index (κ2) is 6.68. The van der Waals surface area contributed by atoms with E-state index in [0.29, 0.717) is 18.7 Å². The molecule has 0 atom stereocenters. The number of benzene rings is 1. The number of rotatable bonds is 6. The molecule has 2 aromatic rings. The Kier molecular flexibility index (Phi) is 4.91. The largest absolute Gasteiger partial charge is 0.351 e. The van der Waals surface area contributed by atoms with Crippen LogP contribution < -0.4 is 11.1 Å². The standard InChI is InChI=1S/C17H23N3O/c1-17(2,9-5-10-18)12-20-16(21)14-6-3-8-15-13(14)7-4-11-19-15/h3-4,6-8,11H,5,9-10,12,18H2,1-2H3,(H,20,21). The zero-order valence-corrected chi connectivity index (χ0v) is 12.7. The number of amides is 1. The van der Waals surface area contributed by atoms with E-state index in [9.17, 15) is 4.79 Å². The molecule has 0 fully saturated rings. The van der Waals surface area contributed by atoms with E-state index < -0.39 is 0 Å². The van der Waals surface area contributed by atoms with Crippen molar-refractivity contribution < 1.29 is 4.79 Å². The molecule has 2 rings (SSSR count). The number of aromatic nitrogens is 1. The van der Waals surface area contributed by atoms with Crippen LogP contribution in [0.3, 0.4) is 0 Å². The topological polar surface area (TPSA) is 68.0 Å². The molecule has 112 valence electrons. The van der Waals surface area contributed by atoms with E-state index in [0.717, 1.165) is 23.7 Å². The molecule has 21 heavy (non-hydrogen) atoms. The molecule has 4 nitrogen and oxygen atoms in total. The summed E-state index contributed by atoms with van der Waals surface area (Å²) in [6.07, 6.45) is 3.71. The Hall–Kier alpha value is -1.94. The number of hydrogen-bond acceptors (Lipinski definition) is 3. The van der Waals surface area contributed by atoms with Gasteiger partial charge in [-0.3, -0.25) is 9.78 Å². The van der Waals surface area contributed by atoms with Crippen LogP contribution >= 0.6 is 0 Å². The van der Waals surface area contributed by atoms with Crippen LogP contribution in [0.15, 0.2) is 36.5 Å². The van der Waals surface area contributed by atoms with Crippen LogP contribution in [0.1, 0.15) is 37.0 Å². The Morgan fingerprint density at radius 3 is 2.86 bits per heavy atom. The van der Waals surface area contributed by atoms with Gasteiger partial charge in [0.05, 0.1) is 5.52 Å². The average molecular weight is 285 g/mol. The maximum absolute atomic E-state index is 12.4. The van der Waals surface area contributed by atoms with Gasteiger partial charge in [-0.05, 0) is 43.0 Å². The minimum atomic E-state index is -0.0468. The first-order valence-electron chi connectivity index (χ1n) is 7.35. The van der Waals surface area contributed by atoms with Crippen molar-refractivity contribution in [2.45, 2.75) is 26.7 Å². The van der Waals surface area contributed by atoms with Gasteiger partial charge in [0.1, 0.15) is 0 Å². The minimum absolute atomic E-state index is 0.0468. The van der Waals surface area contributed by atoms with Gasteiger partial charge < -0.3 is 11.1 Å². The number of carbonyl (C=O) groups is 1. The molecule has 0 bridgehead atoms. The molecule has 0 aliphatic heterocycles. The van der Waals surface area contributed by atoms with Gasteiger partial charge in [0.15, 0.2) is 0 Å². The number of nitrogens with zero attached hydrogens (tertiary/aromatic N) is 1. The Morgan fingerprint density at radius 1 is 1.29 bits per heavy atom. The van der Waals surface area contributed by atoms with Crippen LogP contribution in [0.4, 0.5) is 0 Å². The van der Waals surface area contributed by atoms with Gasteiger partial charge in [0.25, 0.3) is 5.91 Å². The van der Waals surface area contributed by atoms with Crippen molar-refractivity contribution in [1.29, 1.82) is 0 Å². The van der Waals surface area contributed by atoms with E-state index in [1.807, 2.05) is 30.3 Å². The second-order valence-electron chi connectivity index (χ2n) is 6.11. The highest BCUT2D eigenvalue weighted by atomic mass is 16.1. The molecule has 0 aliphatic carbocycles. The maximum Gasteiger partial charge on any atom is 0.251 e. The first-order valence-corrected chi connectivity index (χ1v) is 7.35. The fourth-order valence-corrected chi connectivity index (χ4v) is 2.39. The van der Waals surface area contributed by atoms with Gasteiger partial charge in [-0.15, -0.1) is 0 Å². The molecule has 0 saturated carbocycles. The molecule has 1 aromatic heterocycles. The van der Waals surface area contributed by atoms with Crippen LogP contribution in [0.2, 0.25) is 0 Å². The van der Waals surface area contributed by atoms with Crippen molar-refractivity contribution in [3.05, 3.63) is 42.1 Å². The third-order valence-corrected chi connectivity index (χ3v) is 3.68. The number of nitrogens with two attached hydrogens (primary N) is 1. The second-order valence-corrected chi connectivity index (χ2v) is 6.11.